The molecule has 1 aliphatic heterocycles. The van der Waals surface area contributed by atoms with E-state index in [4.69, 9.17) is 5.73 Å². The molecule has 0 saturated heterocycles. The van der Waals surface area contributed by atoms with Crippen LogP contribution in [-0.2, 0) is 22.6 Å². The average molecular weight is 578 g/mol. The fourth-order valence-corrected chi connectivity index (χ4v) is 5.46. The van der Waals surface area contributed by atoms with E-state index in [9.17, 15) is 14.7 Å². The van der Waals surface area contributed by atoms with E-state index in [0.29, 0.717) is 19.4 Å². The maximum absolute atomic E-state index is 14.1. The first-order chi connectivity index (χ1) is 18.1. The number of thioether (sulfide) groups is 1. The zero-order chi connectivity index (χ0) is 27.9. The SMILES string of the molecule is CCN(CC)c1cccc2c1N(Cc1ccccn1)C(=O)C(C[C@H](O)[C@@H](CCSC)NC(=O)C(C)(C)N)C2.Cl. The van der Waals surface area contributed by atoms with Crippen LogP contribution in [0.3, 0.4) is 0 Å². The monoisotopic (exact) mass is 577 g/mol. The van der Waals surface area contributed by atoms with E-state index in [1.807, 2.05) is 35.4 Å². The van der Waals surface area contributed by atoms with Crippen LogP contribution in [0.4, 0.5) is 11.4 Å². The molecule has 0 aliphatic carbocycles. The van der Waals surface area contributed by atoms with E-state index >= 15 is 0 Å². The molecule has 0 spiro atoms. The topological polar surface area (TPSA) is 112 Å². The van der Waals surface area contributed by atoms with Gasteiger partial charge in [0.1, 0.15) is 0 Å². The van der Waals surface area contributed by atoms with Gasteiger partial charge in [-0.25, -0.2) is 0 Å². The van der Waals surface area contributed by atoms with Crippen molar-refractivity contribution in [3.8, 4) is 0 Å². The number of fused-ring (bicyclic) bond motifs is 1. The predicted octanol–water partition coefficient (Wildman–Crippen LogP) is 3.78. The summed E-state index contributed by atoms with van der Waals surface area (Å²) in [6.45, 7) is 9.52. The van der Waals surface area contributed by atoms with E-state index in [-0.39, 0.29) is 30.6 Å². The van der Waals surface area contributed by atoms with Crippen molar-refractivity contribution < 1.29 is 14.7 Å². The number of pyridine rings is 1. The summed E-state index contributed by atoms with van der Waals surface area (Å²) in [6.07, 6.45) is 4.21. The molecular weight excluding hydrogens is 534 g/mol. The van der Waals surface area contributed by atoms with Crippen LogP contribution < -0.4 is 20.9 Å². The van der Waals surface area contributed by atoms with E-state index in [0.717, 1.165) is 41.5 Å². The number of aromatic nitrogens is 1. The Kier molecular flexibility index (Phi) is 12.5. The number of halogens is 1. The van der Waals surface area contributed by atoms with Crippen LogP contribution in [0.5, 0.6) is 0 Å². The van der Waals surface area contributed by atoms with Gasteiger partial charge in [0.25, 0.3) is 0 Å². The Labute approximate surface area is 243 Å². The zero-order valence-electron chi connectivity index (χ0n) is 23.7. The summed E-state index contributed by atoms with van der Waals surface area (Å²) in [5.41, 5.74) is 8.78. The minimum atomic E-state index is -1.06. The van der Waals surface area contributed by atoms with Crippen molar-refractivity contribution >= 4 is 47.4 Å². The minimum Gasteiger partial charge on any atom is -0.391 e. The summed E-state index contributed by atoms with van der Waals surface area (Å²) in [5, 5.41) is 14.2. The first-order valence-corrected chi connectivity index (χ1v) is 14.8. The van der Waals surface area contributed by atoms with Crippen molar-refractivity contribution in [2.45, 2.75) is 71.2 Å². The fourth-order valence-electron chi connectivity index (χ4n) is 4.97. The second-order valence-corrected chi connectivity index (χ2v) is 11.5. The molecule has 2 amide bonds. The molecule has 4 N–H and O–H groups in total. The van der Waals surface area contributed by atoms with E-state index in [2.05, 4.69) is 41.2 Å². The molecule has 1 unspecified atom stereocenters. The number of benzene rings is 1. The molecule has 2 aromatic rings. The van der Waals surface area contributed by atoms with Crippen molar-refractivity contribution in [3.05, 3.63) is 53.9 Å². The Morgan fingerprint density at radius 3 is 2.56 bits per heavy atom. The van der Waals surface area contributed by atoms with Crippen molar-refractivity contribution in [1.82, 2.24) is 10.3 Å². The predicted molar refractivity (Wildman–Crippen MR) is 164 cm³/mol. The van der Waals surface area contributed by atoms with Gasteiger partial charge in [0.15, 0.2) is 0 Å². The molecule has 0 saturated carbocycles. The van der Waals surface area contributed by atoms with Gasteiger partial charge >= 0.3 is 0 Å². The zero-order valence-corrected chi connectivity index (χ0v) is 25.4. The Hall–Kier alpha value is -2.33. The summed E-state index contributed by atoms with van der Waals surface area (Å²) < 4.78 is 0. The number of nitrogens with zero attached hydrogens (tertiary/aromatic N) is 3. The third-order valence-corrected chi connectivity index (χ3v) is 7.77. The van der Waals surface area contributed by atoms with E-state index in [1.54, 1.807) is 31.8 Å². The number of amides is 2. The second-order valence-electron chi connectivity index (χ2n) is 10.5. The first-order valence-electron chi connectivity index (χ1n) is 13.5. The Morgan fingerprint density at radius 1 is 1.26 bits per heavy atom. The van der Waals surface area contributed by atoms with Gasteiger partial charge in [-0.1, -0.05) is 18.2 Å². The lowest BCUT2D eigenvalue weighted by Gasteiger charge is -2.39. The summed E-state index contributed by atoms with van der Waals surface area (Å²) in [7, 11) is 0. The van der Waals surface area contributed by atoms with Crippen LogP contribution >= 0.6 is 24.2 Å². The Morgan fingerprint density at radius 2 is 1.97 bits per heavy atom. The molecule has 0 radical (unpaired) electrons. The summed E-state index contributed by atoms with van der Waals surface area (Å²) in [4.78, 5) is 35.3. The number of hydrogen-bond acceptors (Lipinski definition) is 7. The highest BCUT2D eigenvalue weighted by atomic mass is 35.5. The lowest BCUT2D eigenvalue weighted by atomic mass is 9.85. The number of carbonyl (C=O) groups is 2. The Balaban J connectivity index is 0.00000533. The highest BCUT2D eigenvalue weighted by molar-refractivity contribution is 7.98. The molecule has 1 aromatic carbocycles. The largest absolute Gasteiger partial charge is 0.391 e. The van der Waals surface area contributed by atoms with Crippen LogP contribution in [-0.4, -0.2) is 64.7 Å². The molecule has 1 aromatic heterocycles. The summed E-state index contributed by atoms with van der Waals surface area (Å²) in [5.74, 6) is 0.000252. The van der Waals surface area contributed by atoms with Crippen LogP contribution in [0.15, 0.2) is 42.6 Å². The summed E-state index contributed by atoms with van der Waals surface area (Å²) >= 11 is 1.65. The third-order valence-electron chi connectivity index (χ3n) is 7.13. The first kappa shape index (κ1) is 32.9. The minimum absolute atomic E-state index is 0. The van der Waals surface area contributed by atoms with Crippen molar-refractivity contribution in [2.24, 2.45) is 11.7 Å². The maximum atomic E-state index is 14.1. The number of aliphatic hydroxyl groups is 1. The van der Waals surface area contributed by atoms with Gasteiger partial charge < -0.3 is 26.0 Å². The van der Waals surface area contributed by atoms with Crippen molar-refractivity contribution in [3.63, 3.8) is 0 Å². The highest BCUT2D eigenvalue weighted by Crippen LogP contribution is 2.41. The molecular formula is C29H44ClN5O3S. The van der Waals surface area contributed by atoms with Crippen LogP contribution in [0, 0.1) is 5.92 Å². The molecule has 39 heavy (non-hydrogen) atoms. The molecule has 8 nitrogen and oxygen atoms in total. The van der Waals surface area contributed by atoms with Gasteiger partial charge in [-0.05, 0) is 82.7 Å². The smallest absolute Gasteiger partial charge is 0.239 e. The highest BCUT2D eigenvalue weighted by Gasteiger charge is 2.38. The lowest BCUT2D eigenvalue weighted by molar-refractivity contribution is -0.127. The van der Waals surface area contributed by atoms with Crippen LogP contribution in [0.1, 0.15) is 51.8 Å². The van der Waals surface area contributed by atoms with Crippen molar-refractivity contribution in [2.75, 3.05) is 34.9 Å². The number of nitrogens with one attached hydrogen (secondary N) is 1. The number of hydrogen-bond donors (Lipinski definition) is 3. The maximum Gasteiger partial charge on any atom is 0.239 e. The van der Waals surface area contributed by atoms with Gasteiger partial charge in [0, 0.05) is 25.2 Å². The molecule has 0 fully saturated rings. The number of aliphatic hydroxyl groups excluding tert-OH is 1. The fraction of sp³-hybridized carbons (Fsp3) is 0.552. The lowest BCUT2D eigenvalue weighted by Crippen LogP contribution is -2.55. The summed E-state index contributed by atoms with van der Waals surface area (Å²) in [6, 6.07) is 11.4. The van der Waals surface area contributed by atoms with Gasteiger partial charge in [-0.15, -0.1) is 12.4 Å². The number of carbonyl (C=O) groups excluding carboxylic acids is 2. The van der Waals surface area contributed by atoms with E-state index < -0.39 is 23.6 Å². The number of anilines is 2. The molecule has 216 valence electrons. The van der Waals surface area contributed by atoms with Gasteiger partial charge in [0.05, 0.1) is 41.3 Å². The molecule has 0 bridgehead atoms. The molecule has 10 heteroatoms. The average Bonchev–Trinajstić information content (AvgIpc) is 2.89. The second kappa shape index (κ2) is 14.9. The van der Waals surface area contributed by atoms with Gasteiger partial charge in [-0.3, -0.25) is 14.6 Å². The van der Waals surface area contributed by atoms with E-state index in [1.165, 1.54) is 0 Å². The quantitative estimate of drug-likeness (QED) is 0.332. The van der Waals surface area contributed by atoms with Gasteiger partial charge in [0.2, 0.25) is 11.8 Å². The number of nitrogens with two attached hydrogens (primary N) is 1. The van der Waals surface area contributed by atoms with Crippen molar-refractivity contribution in [1.29, 1.82) is 0 Å². The number of rotatable bonds is 13. The van der Waals surface area contributed by atoms with Gasteiger partial charge in [-0.2, -0.15) is 11.8 Å². The van der Waals surface area contributed by atoms with Crippen LogP contribution in [0.2, 0.25) is 0 Å². The van der Waals surface area contributed by atoms with Crippen LogP contribution in [0.25, 0.3) is 0 Å². The molecule has 3 rings (SSSR count). The molecule has 1 aliphatic rings. The molecule has 3 atom stereocenters. The third kappa shape index (κ3) is 8.33. The standard InChI is InChI=1S/C29H43N5O3S.ClH/c1-6-33(7-2)24-13-10-11-20-17-21(27(36)34(26(20)24)19-22-12-8-9-15-31-22)18-25(35)23(14-16-38-5)32-28(37)29(3,4)30;/h8-13,15,21,23,25,35H,6-7,14,16-19,30H2,1-5H3,(H,32,37);1H/t21?,23-,25+;/m1./s1. The Bertz CT molecular complexity index is 1080. The number of para-hydroxylation sites is 1. The normalized spacial score (nSPS) is 16.6. The molecule has 2 heterocycles.